The first-order chi connectivity index (χ1) is 9.38. The van der Waals surface area contributed by atoms with E-state index in [1.54, 1.807) is 38.2 Å². The van der Waals surface area contributed by atoms with Crippen LogP contribution in [0.4, 0.5) is 18.9 Å². The fourth-order valence-corrected chi connectivity index (χ4v) is 2.15. The van der Waals surface area contributed by atoms with Crippen LogP contribution in [0.2, 0.25) is 0 Å². The summed E-state index contributed by atoms with van der Waals surface area (Å²) in [4.78, 5) is 4.17. The summed E-state index contributed by atoms with van der Waals surface area (Å²) < 4.78 is 39.2. The number of nitrogens with zero attached hydrogens (tertiary/aromatic N) is 1. The van der Waals surface area contributed by atoms with Crippen LogP contribution in [0.1, 0.15) is 20.3 Å². The van der Waals surface area contributed by atoms with Crippen molar-refractivity contribution in [3.05, 3.63) is 36.5 Å². The fourth-order valence-electron chi connectivity index (χ4n) is 2.15. The standard InChI is InChI=1S/C15H17F3N2/c1-10(2)9-13(15(16,17)18)20-12-7-3-5-11-6-4-8-19-14(11)12/h3-8,10,13,20H,9H2,1-2H3. The Labute approximate surface area is 116 Å². The zero-order chi connectivity index (χ0) is 14.8. The van der Waals surface area contributed by atoms with Gasteiger partial charge in [0.15, 0.2) is 0 Å². The number of hydrogen-bond acceptors (Lipinski definition) is 2. The molecule has 0 aliphatic carbocycles. The summed E-state index contributed by atoms with van der Waals surface area (Å²) in [7, 11) is 0. The lowest BCUT2D eigenvalue weighted by Crippen LogP contribution is -2.37. The first-order valence-electron chi connectivity index (χ1n) is 6.55. The number of halogens is 3. The van der Waals surface area contributed by atoms with Crippen LogP contribution < -0.4 is 5.32 Å². The highest BCUT2D eigenvalue weighted by molar-refractivity contribution is 5.90. The Morgan fingerprint density at radius 1 is 1.15 bits per heavy atom. The second-order valence-corrected chi connectivity index (χ2v) is 5.25. The second-order valence-electron chi connectivity index (χ2n) is 5.25. The van der Waals surface area contributed by atoms with Gasteiger partial charge in [0.05, 0.1) is 11.2 Å². The summed E-state index contributed by atoms with van der Waals surface area (Å²) in [5.41, 5.74) is 0.985. The Morgan fingerprint density at radius 3 is 2.50 bits per heavy atom. The van der Waals surface area contributed by atoms with Crippen molar-refractivity contribution >= 4 is 16.6 Å². The minimum Gasteiger partial charge on any atom is -0.372 e. The predicted octanol–water partition coefficient (Wildman–Crippen LogP) is 4.62. The summed E-state index contributed by atoms with van der Waals surface area (Å²) in [6.07, 6.45) is -2.66. The molecule has 1 aromatic heterocycles. The highest BCUT2D eigenvalue weighted by atomic mass is 19.4. The number of fused-ring (bicyclic) bond motifs is 1. The molecule has 0 spiro atoms. The van der Waals surface area contributed by atoms with E-state index in [1.165, 1.54) is 0 Å². The zero-order valence-electron chi connectivity index (χ0n) is 11.4. The molecule has 108 valence electrons. The van der Waals surface area contributed by atoms with E-state index >= 15 is 0 Å². The van der Waals surface area contributed by atoms with E-state index < -0.39 is 12.2 Å². The quantitative estimate of drug-likeness (QED) is 0.884. The lowest BCUT2D eigenvalue weighted by molar-refractivity contribution is -0.145. The molecule has 5 heteroatoms. The van der Waals surface area contributed by atoms with Crippen molar-refractivity contribution in [2.75, 3.05) is 5.32 Å². The molecule has 1 aromatic carbocycles. The molecule has 0 radical (unpaired) electrons. The van der Waals surface area contributed by atoms with Gasteiger partial charge in [0, 0.05) is 11.6 Å². The topological polar surface area (TPSA) is 24.9 Å². The van der Waals surface area contributed by atoms with Crippen LogP contribution in [0, 0.1) is 5.92 Å². The van der Waals surface area contributed by atoms with Crippen molar-refractivity contribution in [1.82, 2.24) is 4.98 Å². The molecule has 20 heavy (non-hydrogen) atoms. The normalized spacial score (nSPS) is 13.7. The molecule has 2 rings (SSSR count). The lowest BCUT2D eigenvalue weighted by Gasteiger charge is -2.24. The Morgan fingerprint density at radius 2 is 1.85 bits per heavy atom. The minimum absolute atomic E-state index is 0.0344. The maximum atomic E-state index is 13.1. The number of hydrogen-bond donors (Lipinski definition) is 1. The molecule has 0 aliphatic heterocycles. The van der Waals surface area contributed by atoms with Crippen LogP contribution in [0.25, 0.3) is 10.9 Å². The van der Waals surface area contributed by atoms with Crippen molar-refractivity contribution in [3.63, 3.8) is 0 Å². The van der Waals surface area contributed by atoms with Crippen LogP contribution in [0.5, 0.6) is 0 Å². The van der Waals surface area contributed by atoms with Gasteiger partial charge in [-0.3, -0.25) is 4.98 Å². The van der Waals surface area contributed by atoms with Gasteiger partial charge in [-0.15, -0.1) is 0 Å². The third kappa shape index (κ3) is 3.40. The van der Waals surface area contributed by atoms with Gasteiger partial charge in [0.25, 0.3) is 0 Å². The summed E-state index contributed by atoms with van der Waals surface area (Å²) in [5, 5.41) is 3.43. The second kappa shape index (κ2) is 5.69. The predicted molar refractivity (Wildman–Crippen MR) is 74.7 cm³/mol. The van der Waals surface area contributed by atoms with E-state index in [9.17, 15) is 13.2 Å². The molecule has 2 nitrogen and oxygen atoms in total. The van der Waals surface area contributed by atoms with Crippen molar-refractivity contribution in [2.24, 2.45) is 5.92 Å². The number of anilines is 1. The van der Waals surface area contributed by atoms with E-state index in [0.29, 0.717) is 11.2 Å². The lowest BCUT2D eigenvalue weighted by atomic mass is 10.0. The number of benzene rings is 1. The van der Waals surface area contributed by atoms with Gasteiger partial charge in [-0.25, -0.2) is 0 Å². The van der Waals surface area contributed by atoms with Gasteiger partial charge in [0.1, 0.15) is 6.04 Å². The van der Waals surface area contributed by atoms with Crippen molar-refractivity contribution in [2.45, 2.75) is 32.5 Å². The van der Waals surface area contributed by atoms with Crippen molar-refractivity contribution < 1.29 is 13.2 Å². The van der Waals surface area contributed by atoms with Gasteiger partial charge in [-0.05, 0) is 24.5 Å². The van der Waals surface area contributed by atoms with Crippen LogP contribution in [-0.2, 0) is 0 Å². The largest absolute Gasteiger partial charge is 0.408 e. The maximum Gasteiger partial charge on any atom is 0.408 e. The molecule has 0 bridgehead atoms. The molecule has 0 saturated carbocycles. The van der Waals surface area contributed by atoms with Gasteiger partial charge in [-0.1, -0.05) is 32.0 Å². The molecule has 1 heterocycles. The molecule has 2 aromatic rings. The average Bonchev–Trinajstić information content (AvgIpc) is 2.37. The molecule has 0 amide bonds. The third-order valence-corrected chi connectivity index (χ3v) is 3.06. The van der Waals surface area contributed by atoms with Gasteiger partial charge < -0.3 is 5.32 Å². The number of rotatable bonds is 4. The first kappa shape index (κ1) is 14.6. The monoisotopic (exact) mass is 282 g/mol. The average molecular weight is 282 g/mol. The maximum absolute atomic E-state index is 13.1. The Kier molecular flexibility index (Phi) is 4.16. The highest BCUT2D eigenvalue weighted by Gasteiger charge is 2.40. The van der Waals surface area contributed by atoms with Crippen LogP contribution in [0.3, 0.4) is 0 Å². The minimum atomic E-state index is -4.28. The van der Waals surface area contributed by atoms with Crippen LogP contribution in [-0.4, -0.2) is 17.2 Å². The summed E-state index contributed by atoms with van der Waals surface area (Å²) in [6, 6.07) is 7.23. The van der Waals surface area contributed by atoms with Gasteiger partial charge >= 0.3 is 6.18 Å². The smallest absolute Gasteiger partial charge is 0.372 e. The van der Waals surface area contributed by atoms with E-state index in [1.807, 2.05) is 12.1 Å². The van der Waals surface area contributed by atoms with Crippen molar-refractivity contribution in [1.29, 1.82) is 0 Å². The molecule has 1 N–H and O–H groups in total. The molecule has 0 fully saturated rings. The number of alkyl halides is 3. The molecule has 0 saturated heterocycles. The summed E-state index contributed by atoms with van der Waals surface area (Å²) in [6.45, 7) is 3.56. The van der Waals surface area contributed by atoms with Crippen molar-refractivity contribution in [3.8, 4) is 0 Å². The molecule has 1 atom stereocenters. The SMILES string of the molecule is CC(C)CC(Nc1cccc2cccnc12)C(F)(F)F. The van der Waals surface area contributed by atoms with Crippen LogP contribution in [0.15, 0.2) is 36.5 Å². The Balaban J connectivity index is 2.33. The van der Waals surface area contributed by atoms with E-state index in [0.717, 1.165) is 5.39 Å². The summed E-state index contributed by atoms with van der Waals surface area (Å²) >= 11 is 0. The number of para-hydroxylation sites is 1. The molecular weight excluding hydrogens is 265 g/mol. The molecule has 0 aliphatic rings. The summed E-state index contributed by atoms with van der Waals surface area (Å²) in [5.74, 6) is -0.0444. The number of pyridine rings is 1. The third-order valence-electron chi connectivity index (χ3n) is 3.06. The Hall–Kier alpha value is -1.78. The van der Waals surface area contributed by atoms with Gasteiger partial charge in [0.2, 0.25) is 0 Å². The number of aromatic nitrogens is 1. The van der Waals surface area contributed by atoms with Crippen LogP contribution >= 0.6 is 0 Å². The molecular formula is C15H17F3N2. The highest BCUT2D eigenvalue weighted by Crippen LogP contribution is 2.30. The number of nitrogens with one attached hydrogen (secondary N) is 1. The van der Waals surface area contributed by atoms with E-state index in [-0.39, 0.29) is 12.3 Å². The Bertz CT molecular complexity index is 573. The first-order valence-corrected chi connectivity index (χ1v) is 6.55. The fraction of sp³-hybridized carbons (Fsp3) is 0.400. The van der Waals surface area contributed by atoms with E-state index in [2.05, 4.69) is 10.3 Å². The van der Waals surface area contributed by atoms with E-state index in [4.69, 9.17) is 0 Å². The van der Waals surface area contributed by atoms with Gasteiger partial charge in [-0.2, -0.15) is 13.2 Å². The zero-order valence-corrected chi connectivity index (χ0v) is 11.4. The molecule has 1 unspecified atom stereocenters.